The van der Waals surface area contributed by atoms with Gasteiger partial charge in [0.2, 0.25) is 0 Å². The van der Waals surface area contributed by atoms with E-state index in [-0.39, 0.29) is 5.69 Å². The average Bonchev–Trinajstić information content (AvgIpc) is 3.06. The van der Waals surface area contributed by atoms with Crippen LogP contribution in [-0.2, 0) is 6.18 Å². The Morgan fingerprint density at radius 2 is 1.61 bits per heavy atom. The first-order valence-corrected chi connectivity index (χ1v) is 8.63. The van der Waals surface area contributed by atoms with Crippen molar-refractivity contribution in [3.8, 4) is 0 Å². The van der Waals surface area contributed by atoms with Crippen molar-refractivity contribution in [3.05, 3.63) is 75.8 Å². The van der Waals surface area contributed by atoms with Crippen molar-refractivity contribution in [1.82, 2.24) is 4.48 Å². The van der Waals surface area contributed by atoms with Crippen molar-refractivity contribution in [2.75, 3.05) is 0 Å². The lowest BCUT2D eigenvalue weighted by Crippen LogP contribution is -2.18. The number of nitrogens with zero attached hydrogens (tertiary/aromatic N) is 2. The van der Waals surface area contributed by atoms with Crippen LogP contribution in [0.4, 0.5) is 21.8 Å². The molecule has 0 atom stereocenters. The van der Waals surface area contributed by atoms with E-state index in [1.807, 2.05) is 6.08 Å². The first-order valence-electron chi connectivity index (χ1n) is 8.63. The number of allylic oxidation sites excluding steroid dienone is 2. The summed E-state index contributed by atoms with van der Waals surface area (Å²) in [5.74, 6) is 0. The smallest absolute Gasteiger partial charge is 0.329 e. The van der Waals surface area contributed by atoms with E-state index in [0.717, 1.165) is 22.2 Å². The summed E-state index contributed by atoms with van der Waals surface area (Å²) in [5.41, 5.74) is 3.20. The molecule has 0 fully saturated rings. The maximum absolute atomic E-state index is 13.8. The molecule has 2 aromatic rings. The van der Waals surface area contributed by atoms with Crippen LogP contribution in [0.25, 0.3) is 5.57 Å². The van der Waals surface area contributed by atoms with E-state index in [9.17, 15) is 21.8 Å². The molecule has 8 heteroatoms. The lowest BCUT2D eigenvalue weighted by molar-refractivity contribution is -0.137. The third-order valence-electron chi connectivity index (χ3n) is 4.68. The first-order chi connectivity index (χ1) is 13.0. The van der Waals surface area contributed by atoms with Gasteiger partial charge in [0.25, 0.3) is 0 Å². The molecule has 146 valence electrons. The molecular weight excluding hydrogens is 374 g/mol. The maximum atomic E-state index is 13.8. The molecule has 0 saturated carbocycles. The number of alkyl halides is 3. The second-order valence-electron chi connectivity index (χ2n) is 6.84. The highest BCUT2D eigenvalue weighted by Crippen LogP contribution is 2.38. The largest absolute Gasteiger partial charge is 0.677 e. The van der Waals surface area contributed by atoms with Crippen LogP contribution < -0.4 is 0 Å². The number of halogens is 5. The van der Waals surface area contributed by atoms with Crippen molar-refractivity contribution in [2.24, 2.45) is 4.99 Å². The van der Waals surface area contributed by atoms with Gasteiger partial charge in [-0.1, -0.05) is 12.1 Å². The van der Waals surface area contributed by atoms with E-state index < -0.39 is 19.1 Å². The molecule has 1 aliphatic rings. The Kier molecular flexibility index (Phi) is 5.08. The van der Waals surface area contributed by atoms with Gasteiger partial charge in [0, 0.05) is 22.7 Å². The summed E-state index contributed by atoms with van der Waals surface area (Å²) in [6.45, 7) is 6.86. The highest BCUT2D eigenvalue weighted by Gasteiger charge is 2.32. The fraction of sp³-hybridized carbons (Fsp3) is 0.250. The summed E-state index contributed by atoms with van der Waals surface area (Å²) in [7, 11) is -2.79. The van der Waals surface area contributed by atoms with E-state index in [0.29, 0.717) is 33.8 Å². The van der Waals surface area contributed by atoms with E-state index >= 15 is 0 Å². The quantitative estimate of drug-likeness (QED) is 0.445. The number of hydrogen-bond donors (Lipinski definition) is 0. The Balaban J connectivity index is 2.32. The van der Waals surface area contributed by atoms with Crippen LogP contribution in [0.3, 0.4) is 0 Å². The number of hydrogen-bond acceptors (Lipinski definition) is 1. The molecule has 0 saturated heterocycles. The van der Waals surface area contributed by atoms with Crippen molar-refractivity contribution in [2.45, 2.75) is 33.9 Å². The van der Waals surface area contributed by atoms with Gasteiger partial charge < -0.3 is 4.48 Å². The Labute approximate surface area is 160 Å². The molecular formula is C20H18BF5N2. The Morgan fingerprint density at radius 1 is 1.00 bits per heavy atom. The predicted molar refractivity (Wildman–Crippen MR) is 102 cm³/mol. The van der Waals surface area contributed by atoms with Gasteiger partial charge in [-0.3, -0.25) is 13.6 Å². The molecule has 2 heterocycles. The third-order valence-corrected chi connectivity index (χ3v) is 4.68. The molecule has 0 aliphatic carbocycles. The number of rotatable bonds is 3. The molecule has 0 amide bonds. The highest BCUT2D eigenvalue weighted by atomic mass is 19.4. The van der Waals surface area contributed by atoms with Crippen molar-refractivity contribution < 1.29 is 21.8 Å². The zero-order chi connectivity index (χ0) is 20.8. The Morgan fingerprint density at radius 3 is 2.07 bits per heavy atom. The van der Waals surface area contributed by atoms with Gasteiger partial charge in [-0.25, -0.2) is 0 Å². The first kappa shape index (κ1) is 20.1. The molecule has 0 unspecified atom stereocenters. The van der Waals surface area contributed by atoms with Gasteiger partial charge >= 0.3 is 13.6 Å². The molecule has 0 spiro atoms. The topological polar surface area (TPSA) is 17.3 Å². The van der Waals surface area contributed by atoms with Crippen LogP contribution in [0.15, 0.2) is 52.7 Å². The second kappa shape index (κ2) is 7.07. The summed E-state index contributed by atoms with van der Waals surface area (Å²) in [6.07, 6.45) is -2.66. The summed E-state index contributed by atoms with van der Waals surface area (Å²) in [5, 5.41) is 0. The third kappa shape index (κ3) is 3.55. The fourth-order valence-corrected chi connectivity index (χ4v) is 3.53. The molecule has 3 rings (SSSR count). The molecule has 1 aromatic heterocycles. The van der Waals surface area contributed by atoms with E-state index in [4.69, 9.17) is 0 Å². The summed E-state index contributed by atoms with van der Waals surface area (Å²) < 4.78 is 67.3. The lowest BCUT2D eigenvalue weighted by atomic mass is 9.94. The van der Waals surface area contributed by atoms with Crippen molar-refractivity contribution >= 4 is 18.7 Å². The van der Waals surface area contributed by atoms with Crippen LogP contribution in [0.2, 0.25) is 0 Å². The van der Waals surface area contributed by atoms with E-state index in [2.05, 4.69) is 4.99 Å². The minimum absolute atomic E-state index is 0.258. The molecule has 0 N–H and O–H groups in total. The van der Waals surface area contributed by atoms with Gasteiger partial charge in [-0.15, -0.1) is 0 Å². The lowest BCUT2D eigenvalue weighted by Gasteiger charge is -2.17. The zero-order valence-electron chi connectivity index (χ0n) is 15.8. The van der Waals surface area contributed by atoms with E-state index in [1.54, 1.807) is 33.8 Å². The zero-order valence-corrected chi connectivity index (χ0v) is 15.8. The normalized spacial score (nSPS) is 16.2. The summed E-state index contributed by atoms with van der Waals surface area (Å²) in [4.78, 5) is 4.47. The Hall–Kier alpha value is -2.64. The molecule has 28 heavy (non-hydrogen) atoms. The van der Waals surface area contributed by atoms with E-state index in [1.165, 1.54) is 12.1 Å². The fourth-order valence-electron chi connectivity index (χ4n) is 3.53. The number of aromatic nitrogens is 1. The molecule has 1 aromatic carbocycles. The van der Waals surface area contributed by atoms with Crippen molar-refractivity contribution in [1.29, 1.82) is 0 Å². The van der Waals surface area contributed by atoms with Crippen LogP contribution in [0, 0.1) is 13.8 Å². The predicted octanol–water partition coefficient (Wildman–Crippen LogP) is 6.08. The molecule has 2 nitrogen and oxygen atoms in total. The van der Waals surface area contributed by atoms with Crippen molar-refractivity contribution in [3.63, 3.8) is 0 Å². The van der Waals surface area contributed by atoms with Crippen LogP contribution >= 0.6 is 0 Å². The minimum Gasteiger partial charge on any atom is -0.329 e. The monoisotopic (exact) mass is 392 g/mol. The van der Waals surface area contributed by atoms with Gasteiger partial charge in [-0.2, -0.15) is 13.2 Å². The van der Waals surface area contributed by atoms with Crippen LogP contribution in [-0.4, -0.2) is 17.6 Å². The SMILES string of the molecule is CC1=CC(C)=N/C1=C(/c1ccc(C(F)(F)F)cc1)c1c(C)cc(C)n1B(F)F. The minimum atomic E-state index is -4.47. The van der Waals surface area contributed by atoms with Gasteiger partial charge in [0.15, 0.2) is 0 Å². The molecule has 0 radical (unpaired) electrons. The van der Waals surface area contributed by atoms with Crippen LogP contribution in [0.1, 0.15) is 41.9 Å². The number of aryl methyl sites for hydroxylation is 2. The van der Waals surface area contributed by atoms with Gasteiger partial charge in [0.1, 0.15) is 0 Å². The molecule has 0 bridgehead atoms. The highest BCUT2D eigenvalue weighted by molar-refractivity contribution is 6.41. The van der Waals surface area contributed by atoms with Crippen LogP contribution in [0.5, 0.6) is 0 Å². The number of aliphatic imine (C=N–C) groups is 1. The number of benzene rings is 1. The second-order valence-corrected chi connectivity index (χ2v) is 6.84. The Bertz CT molecular complexity index is 1010. The summed E-state index contributed by atoms with van der Waals surface area (Å²) in [6, 6.07) is 6.16. The van der Waals surface area contributed by atoms with Gasteiger partial charge in [0.05, 0.1) is 11.3 Å². The maximum Gasteiger partial charge on any atom is 0.677 e. The van der Waals surface area contributed by atoms with Gasteiger partial charge in [-0.05, 0) is 68.7 Å². The standard InChI is InChI=1S/C20H18BF5N2/c1-11-9-13(3)27-18(11)17(15-5-7-16(8-6-15)20(22,23)24)19-12(2)10-14(4)28(19)21(25)26/h5-10H,1-4H3/b18-17-. The average molecular weight is 392 g/mol. The molecule has 1 aliphatic heterocycles. The summed E-state index contributed by atoms with van der Waals surface area (Å²) >= 11 is 0.